The van der Waals surface area contributed by atoms with E-state index in [1.165, 1.54) is 5.56 Å². The Morgan fingerprint density at radius 2 is 1.91 bits per heavy atom. The molecule has 0 heterocycles. The molecule has 23 heavy (non-hydrogen) atoms. The zero-order chi connectivity index (χ0) is 16.2. The van der Waals surface area contributed by atoms with Crippen LogP contribution in [-0.2, 0) is 4.79 Å². The number of benzene rings is 2. The van der Waals surface area contributed by atoms with E-state index in [1.54, 1.807) is 0 Å². The van der Waals surface area contributed by atoms with Crippen LogP contribution in [0.2, 0.25) is 0 Å². The van der Waals surface area contributed by atoms with Crippen LogP contribution in [0.5, 0.6) is 0 Å². The third-order valence-electron chi connectivity index (χ3n) is 4.08. The second kappa shape index (κ2) is 7.18. The SMILES string of the molecule is CCC(Nc1cccc(NC(=O)C2CC2)c1)c1cccc(Br)c1. The van der Waals surface area contributed by atoms with E-state index in [0.29, 0.717) is 0 Å². The van der Waals surface area contributed by atoms with E-state index in [9.17, 15) is 4.79 Å². The molecule has 1 atom stereocenters. The van der Waals surface area contributed by atoms with Crippen LogP contribution in [0.1, 0.15) is 37.8 Å². The summed E-state index contributed by atoms with van der Waals surface area (Å²) >= 11 is 3.53. The molecule has 1 aliphatic carbocycles. The molecule has 0 spiro atoms. The molecule has 1 saturated carbocycles. The number of anilines is 2. The number of halogens is 1. The van der Waals surface area contributed by atoms with Crippen molar-refractivity contribution in [1.29, 1.82) is 0 Å². The first-order valence-corrected chi connectivity index (χ1v) is 8.88. The predicted molar refractivity (Wildman–Crippen MR) is 98.6 cm³/mol. The lowest BCUT2D eigenvalue weighted by Crippen LogP contribution is -2.14. The zero-order valence-corrected chi connectivity index (χ0v) is 14.8. The Balaban J connectivity index is 1.71. The number of nitrogens with one attached hydrogen (secondary N) is 2. The standard InChI is InChI=1S/C19H21BrN2O/c1-2-18(14-5-3-6-15(20)11-14)21-16-7-4-8-17(12-16)22-19(23)13-9-10-13/h3-8,11-13,18,21H,2,9-10H2,1H3,(H,22,23). The topological polar surface area (TPSA) is 41.1 Å². The minimum atomic E-state index is 0.140. The monoisotopic (exact) mass is 372 g/mol. The second-order valence-corrected chi connectivity index (χ2v) is 6.92. The van der Waals surface area contributed by atoms with Crippen molar-refractivity contribution in [1.82, 2.24) is 0 Å². The highest BCUT2D eigenvalue weighted by Crippen LogP contribution is 2.31. The number of hydrogen-bond acceptors (Lipinski definition) is 2. The van der Waals surface area contributed by atoms with Crippen molar-refractivity contribution in [2.24, 2.45) is 5.92 Å². The van der Waals surface area contributed by atoms with Gasteiger partial charge in [-0.2, -0.15) is 0 Å². The fourth-order valence-corrected chi connectivity index (χ4v) is 3.04. The van der Waals surface area contributed by atoms with Crippen molar-refractivity contribution in [3.63, 3.8) is 0 Å². The van der Waals surface area contributed by atoms with Crippen LogP contribution in [-0.4, -0.2) is 5.91 Å². The van der Waals surface area contributed by atoms with Gasteiger partial charge >= 0.3 is 0 Å². The van der Waals surface area contributed by atoms with E-state index in [0.717, 1.165) is 35.1 Å². The first-order chi connectivity index (χ1) is 11.2. The van der Waals surface area contributed by atoms with Crippen molar-refractivity contribution in [3.05, 3.63) is 58.6 Å². The Morgan fingerprint density at radius 3 is 2.61 bits per heavy atom. The molecule has 2 aromatic carbocycles. The van der Waals surface area contributed by atoms with Crippen molar-refractivity contribution in [2.75, 3.05) is 10.6 Å². The molecule has 0 radical (unpaired) electrons. The van der Waals surface area contributed by atoms with Gasteiger partial charge in [0.05, 0.1) is 6.04 Å². The van der Waals surface area contributed by atoms with Crippen molar-refractivity contribution in [3.8, 4) is 0 Å². The Hall–Kier alpha value is -1.81. The largest absolute Gasteiger partial charge is 0.378 e. The quantitative estimate of drug-likeness (QED) is 0.716. The maximum Gasteiger partial charge on any atom is 0.227 e. The van der Waals surface area contributed by atoms with Crippen LogP contribution in [0.25, 0.3) is 0 Å². The van der Waals surface area contributed by atoms with Crippen molar-refractivity contribution >= 4 is 33.2 Å². The number of hydrogen-bond donors (Lipinski definition) is 2. The van der Waals surface area contributed by atoms with Crippen molar-refractivity contribution < 1.29 is 4.79 Å². The van der Waals surface area contributed by atoms with E-state index in [-0.39, 0.29) is 17.9 Å². The van der Waals surface area contributed by atoms with E-state index in [4.69, 9.17) is 0 Å². The molecule has 0 saturated heterocycles. The average Bonchev–Trinajstić information content (AvgIpc) is 3.38. The van der Waals surface area contributed by atoms with Crippen LogP contribution < -0.4 is 10.6 Å². The highest BCUT2D eigenvalue weighted by molar-refractivity contribution is 9.10. The van der Waals surface area contributed by atoms with Gasteiger partial charge in [-0.3, -0.25) is 4.79 Å². The maximum atomic E-state index is 11.9. The highest BCUT2D eigenvalue weighted by Gasteiger charge is 2.29. The van der Waals surface area contributed by atoms with Gasteiger partial charge in [0, 0.05) is 21.8 Å². The first kappa shape index (κ1) is 16.1. The van der Waals surface area contributed by atoms with E-state index in [2.05, 4.69) is 51.7 Å². The lowest BCUT2D eigenvalue weighted by molar-refractivity contribution is -0.117. The third-order valence-corrected chi connectivity index (χ3v) is 4.57. The molecule has 1 fully saturated rings. The lowest BCUT2D eigenvalue weighted by Gasteiger charge is -2.19. The Morgan fingerprint density at radius 1 is 1.17 bits per heavy atom. The van der Waals surface area contributed by atoms with E-state index in [1.807, 2.05) is 30.3 Å². The predicted octanol–water partition coefficient (Wildman–Crippen LogP) is 5.36. The normalized spacial score (nSPS) is 15.0. The molecule has 2 aromatic rings. The average molecular weight is 373 g/mol. The van der Waals surface area contributed by atoms with Gasteiger partial charge in [0.15, 0.2) is 0 Å². The minimum absolute atomic E-state index is 0.140. The summed E-state index contributed by atoms with van der Waals surface area (Å²) in [4.78, 5) is 11.9. The highest BCUT2D eigenvalue weighted by atomic mass is 79.9. The van der Waals surface area contributed by atoms with Gasteiger partial charge in [0.1, 0.15) is 0 Å². The molecule has 3 rings (SSSR count). The third kappa shape index (κ3) is 4.35. The molecule has 3 nitrogen and oxygen atoms in total. The summed E-state index contributed by atoms with van der Waals surface area (Å²) in [5.74, 6) is 0.359. The number of carbonyl (C=O) groups is 1. The number of rotatable bonds is 6. The number of amides is 1. The molecule has 2 N–H and O–H groups in total. The second-order valence-electron chi connectivity index (χ2n) is 6.00. The van der Waals surface area contributed by atoms with Crippen molar-refractivity contribution in [2.45, 2.75) is 32.2 Å². The summed E-state index contributed by atoms with van der Waals surface area (Å²) in [6, 6.07) is 16.5. The van der Waals surface area contributed by atoms with Crippen LogP contribution in [0, 0.1) is 5.92 Å². The smallest absolute Gasteiger partial charge is 0.227 e. The van der Waals surface area contributed by atoms with Crippen LogP contribution >= 0.6 is 15.9 Å². The minimum Gasteiger partial charge on any atom is -0.378 e. The first-order valence-electron chi connectivity index (χ1n) is 8.08. The Kier molecular flexibility index (Phi) is 5.01. The van der Waals surface area contributed by atoms with Crippen LogP contribution in [0.3, 0.4) is 0 Å². The van der Waals surface area contributed by atoms with Gasteiger partial charge in [0.2, 0.25) is 5.91 Å². The fourth-order valence-electron chi connectivity index (χ4n) is 2.62. The molecule has 1 aliphatic rings. The molecule has 0 bridgehead atoms. The van der Waals surface area contributed by atoms with E-state index < -0.39 is 0 Å². The van der Waals surface area contributed by atoms with Gasteiger partial charge < -0.3 is 10.6 Å². The van der Waals surface area contributed by atoms with E-state index >= 15 is 0 Å². The van der Waals surface area contributed by atoms with Gasteiger partial charge in [-0.05, 0) is 55.2 Å². The summed E-state index contributed by atoms with van der Waals surface area (Å²) < 4.78 is 1.08. The molecule has 1 unspecified atom stereocenters. The van der Waals surface area contributed by atoms with Gasteiger partial charge in [-0.1, -0.05) is 41.1 Å². The molecule has 1 amide bonds. The van der Waals surface area contributed by atoms with Gasteiger partial charge in [-0.25, -0.2) is 0 Å². The molecule has 0 aliphatic heterocycles. The molecule has 120 valence electrons. The zero-order valence-electron chi connectivity index (χ0n) is 13.2. The maximum absolute atomic E-state index is 11.9. The molecule has 0 aromatic heterocycles. The Labute approximate surface area is 145 Å². The summed E-state index contributed by atoms with van der Waals surface area (Å²) in [5.41, 5.74) is 3.12. The summed E-state index contributed by atoms with van der Waals surface area (Å²) in [7, 11) is 0. The van der Waals surface area contributed by atoms with Gasteiger partial charge in [0.25, 0.3) is 0 Å². The molecular formula is C19H21BrN2O. The lowest BCUT2D eigenvalue weighted by atomic mass is 10.0. The Bertz CT molecular complexity index is 697. The van der Waals surface area contributed by atoms with Crippen LogP contribution in [0.15, 0.2) is 53.0 Å². The van der Waals surface area contributed by atoms with Gasteiger partial charge in [-0.15, -0.1) is 0 Å². The van der Waals surface area contributed by atoms with Crippen LogP contribution in [0.4, 0.5) is 11.4 Å². The molecule has 4 heteroatoms. The fraction of sp³-hybridized carbons (Fsp3) is 0.316. The number of carbonyl (C=O) groups excluding carboxylic acids is 1. The summed E-state index contributed by atoms with van der Waals surface area (Å²) in [6.45, 7) is 2.16. The molecular weight excluding hydrogens is 352 g/mol. The summed E-state index contributed by atoms with van der Waals surface area (Å²) in [6.07, 6.45) is 3.02. The summed E-state index contributed by atoms with van der Waals surface area (Å²) in [5, 5.41) is 6.56.